The largest absolute Gasteiger partial charge is 0.320 e. The van der Waals surface area contributed by atoms with Gasteiger partial charge in [0.25, 0.3) is 0 Å². The SMILES string of the molecule is CNCCCc1csc2c(Cl)cccc12. The summed E-state index contributed by atoms with van der Waals surface area (Å²) in [4.78, 5) is 0. The van der Waals surface area contributed by atoms with E-state index >= 15 is 0 Å². The first-order chi connectivity index (χ1) is 7.33. The van der Waals surface area contributed by atoms with Crippen LogP contribution in [0.1, 0.15) is 12.0 Å². The second kappa shape index (κ2) is 4.97. The van der Waals surface area contributed by atoms with Crippen LogP contribution in [0.2, 0.25) is 5.02 Å². The first kappa shape index (κ1) is 10.9. The van der Waals surface area contributed by atoms with Gasteiger partial charge in [-0.25, -0.2) is 0 Å². The molecule has 2 rings (SSSR count). The fourth-order valence-corrected chi connectivity index (χ4v) is 3.04. The Morgan fingerprint density at radius 1 is 1.40 bits per heavy atom. The molecule has 0 saturated heterocycles. The van der Waals surface area contributed by atoms with Gasteiger partial charge in [0.1, 0.15) is 0 Å². The summed E-state index contributed by atoms with van der Waals surface area (Å²) >= 11 is 7.88. The van der Waals surface area contributed by atoms with E-state index in [0.717, 1.165) is 18.0 Å². The average Bonchev–Trinajstić information content (AvgIpc) is 2.64. The predicted molar refractivity (Wildman–Crippen MR) is 69.1 cm³/mol. The van der Waals surface area contributed by atoms with Crippen molar-refractivity contribution in [1.82, 2.24) is 5.32 Å². The van der Waals surface area contributed by atoms with Crippen molar-refractivity contribution in [3.05, 3.63) is 34.2 Å². The van der Waals surface area contributed by atoms with Crippen LogP contribution in [0.3, 0.4) is 0 Å². The number of aryl methyl sites for hydroxylation is 1. The molecule has 0 fully saturated rings. The highest BCUT2D eigenvalue weighted by atomic mass is 35.5. The van der Waals surface area contributed by atoms with Crippen molar-refractivity contribution in [3.8, 4) is 0 Å². The highest BCUT2D eigenvalue weighted by molar-refractivity contribution is 7.18. The molecule has 1 aromatic carbocycles. The predicted octanol–water partition coefficient (Wildman–Crippen LogP) is 3.71. The van der Waals surface area contributed by atoms with E-state index in [9.17, 15) is 0 Å². The summed E-state index contributed by atoms with van der Waals surface area (Å²) in [6.45, 7) is 1.07. The van der Waals surface area contributed by atoms with E-state index in [0.29, 0.717) is 0 Å². The molecule has 0 unspecified atom stereocenters. The summed E-state index contributed by atoms with van der Waals surface area (Å²) in [6.07, 6.45) is 2.30. The van der Waals surface area contributed by atoms with Crippen LogP contribution >= 0.6 is 22.9 Å². The van der Waals surface area contributed by atoms with Gasteiger partial charge in [-0.05, 0) is 48.8 Å². The molecule has 0 saturated carbocycles. The molecule has 1 aromatic heterocycles. The molecule has 1 heterocycles. The second-order valence-electron chi connectivity index (χ2n) is 3.58. The smallest absolute Gasteiger partial charge is 0.0584 e. The van der Waals surface area contributed by atoms with Gasteiger partial charge in [-0.3, -0.25) is 0 Å². The van der Waals surface area contributed by atoms with Crippen LogP contribution in [0.25, 0.3) is 10.1 Å². The monoisotopic (exact) mass is 239 g/mol. The molecule has 0 aliphatic rings. The van der Waals surface area contributed by atoms with E-state index in [1.54, 1.807) is 11.3 Å². The van der Waals surface area contributed by atoms with Crippen LogP contribution in [-0.2, 0) is 6.42 Å². The zero-order valence-corrected chi connectivity index (χ0v) is 10.3. The summed E-state index contributed by atoms with van der Waals surface area (Å²) in [5, 5.41) is 7.59. The van der Waals surface area contributed by atoms with Crippen molar-refractivity contribution >= 4 is 33.0 Å². The van der Waals surface area contributed by atoms with E-state index in [2.05, 4.69) is 16.8 Å². The van der Waals surface area contributed by atoms with Crippen molar-refractivity contribution < 1.29 is 0 Å². The van der Waals surface area contributed by atoms with Gasteiger partial charge in [0.15, 0.2) is 0 Å². The van der Waals surface area contributed by atoms with Gasteiger partial charge in [-0.1, -0.05) is 23.7 Å². The zero-order chi connectivity index (χ0) is 10.7. The van der Waals surface area contributed by atoms with Gasteiger partial charge in [-0.2, -0.15) is 0 Å². The molecule has 0 spiro atoms. The Balaban J connectivity index is 2.25. The lowest BCUT2D eigenvalue weighted by Gasteiger charge is -1.99. The fourth-order valence-electron chi connectivity index (χ4n) is 1.72. The number of thiophene rings is 1. The molecule has 3 heteroatoms. The molecule has 1 nitrogen and oxygen atoms in total. The lowest BCUT2D eigenvalue weighted by molar-refractivity contribution is 0.727. The third-order valence-electron chi connectivity index (χ3n) is 2.50. The molecule has 0 bridgehead atoms. The van der Waals surface area contributed by atoms with E-state index < -0.39 is 0 Å². The Kier molecular flexibility index (Phi) is 3.62. The fraction of sp³-hybridized carbons (Fsp3) is 0.333. The van der Waals surface area contributed by atoms with Crippen molar-refractivity contribution in [2.75, 3.05) is 13.6 Å². The van der Waals surface area contributed by atoms with Gasteiger partial charge in [0.05, 0.1) is 9.72 Å². The third kappa shape index (κ3) is 2.33. The minimum atomic E-state index is 0.873. The summed E-state index contributed by atoms with van der Waals surface area (Å²) in [5.41, 5.74) is 1.42. The third-order valence-corrected chi connectivity index (χ3v) is 4.01. The second-order valence-corrected chi connectivity index (χ2v) is 4.87. The lowest BCUT2D eigenvalue weighted by atomic mass is 10.1. The standard InChI is InChI=1S/C12H14ClNS/c1-14-7-3-4-9-8-15-12-10(9)5-2-6-11(12)13/h2,5-6,8,14H,3-4,7H2,1H3. The Morgan fingerprint density at radius 2 is 2.27 bits per heavy atom. The topological polar surface area (TPSA) is 12.0 Å². The first-order valence-electron chi connectivity index (χ1n) is 5.12. The molecule has 15 heavy (non-hydrogen) atoms. The maximum absolute atomic E-state index is 6.13. The Labute approximate surface area is 99.1 Å². The number of nitrogens with one attached hydrogen (secondary N) is 1. The van der Waals surface area contributed by atoms with E-state index in [4.69, 9.17) is 11.6 Å². The number of halogens is 1. The van der Waals surface area contributed by atoms with Crippen LogP contribution in [0.15, 0.2) is 23.6 Å². The number of benzene rings is 1. The van der Waals surface area contributed by atoms with Crippen LogP contribution in [0, 0.1) is 0 Å². The molecule has 0 radical (unpaired) electrons. The molecule has 0 aliphatic carbocycles. The Bertz CT molecular complexity index is 450. The number of rotatable bonds is 4. The molecular weight excluding hydrogens is 226 g/mol. The molecule has 0 atom stereocenters. The highest BCUT2D eigenvalue weighted by Crippen LogP contribution is 2.32. The van der Waals surface area contributed by atoms with Gasteiger partial charge in [0, 0.05) is 0 Å². The Hall–Kier alpha value is -0.570. The zero-order valence-electron chi connectivity index (χ0n) is 8.72. The minimum absolute atomic E-state index is 0.873. The minimum Gasteiger partial charge on any atom is -0.320 e. The lowest BCUT2D eigenvalue weighted by Crippen LogP contribution is -2.08. The summed E-state index contributed by atoms with van der Waals surface area (Å²) in [5.74, 6) is 0. The number of fused-ring (bicyclic) bond motifs is 1. The summed E-state index contributed by atoms with van der Waals surface area (Å²) in [6, 6.07) is 6.14. The average molecular weight is 240 g/mol. The Morgan fingerprint density at radius 3 is 3.07 bits per heavy atom. The van der Waals surface area contributed by atoms with Crippen molar-refractivity contribution in [3.63, 3.8) is 0 Å². The van der Waals surface area contributed by atoms with Crippen LogP contribution in [0.4, 0.5) is 0 Å². The number of hydrogen-bond donors (Lipinski definition) is 1. The number of hydrogen-bond acceptors (Lipinski definition) is 2. The van der Waals surface area contributed by atoms with Crippen LogP contribution < -0.4 is 5.32 Å². The first-order valence-corrected chi connectivity index (χ1v) is 6.38. The van der Waals surface area contributed by atoms with Crippen LogP contribution in [-0.4, -0.2) is 13.6 Å². The quantitative estimate of drug-likeness (QED) is 0.803. The van der Waals surface area contributed by atoms with Gasteiger partial charge >= 0.3 is 0 Å². The van der Waals surface area contributed by atoms with E-state index in [-0.39, 0.29) is 0 Å². The molecule has 0 amide bonds. The normalized spacial score (nSPS) is 11.1. The van der Waals surface area contributed by atoms with Crippen molar-refractivity contribution in [2.24, 2.45) is 0 Å². The molecule has 1 N–H and O–H groups in total. The molecular formula is C12H14ClNS. The maximum atomic E-state index is 6.13. The maximum Gasteiger partial charge on any atom is 0.0584 e. The van der Waals surface area contributed by atoms with E-state index in [1.807, 2.05) is 19.2 Å². The highest BCUT2D eigenvalue weighted by Gasteiger charge is 2.05. The molecule has 0 aliphatic heterocycles. The van der Waals surface area contributed by atoms with Gasteiger partial charge < -0.3 is 5.32 Å². The summed E-state index contributed by atoms with van der Waals surface area (Å²) < 4.78 is 1.22. The van der Waals surface area contributed by atoms with Crippen LogP contribution in [0.5, 0.6) is 0 Å². The van der Waals surface area contributed by atoms with Gasteiger partial charge in [-0.15, -0.1) is 11.3 Å². The summed E-state index contributed by atoms with van der Waals surface area (Å²) in [7, 11) is 1.99. The van der Waals surface area contributed by atoms with Gasteiger partial charge in [0.2, 0.25) is 0 Å². The van der Waals surface area contributed by atoms with E-state index in [1.165, 1.54) is 22.1 Å². The van der Waals surface area contributed by atoms with Crippen molar-refractivity contribution in [2.45, 2.75) is 12.8 Å². The molecule has 80 valence electrons. The van der Waals surface area contributed by atoms with Crippen molar-refractivity contribution in [1.29, 1.82) is 0 Å². The molecule has 2 aromatic rings.